The molecule has 31 heteroatoms. The number of carbonyl (C=O) groups is 2. The minimum Gasteiger partial charge on any atom is -0.394 e. The summed E-state index contributed by atoms with van der Waals surface area (Å²) in [7, 11) is 0. The Balaban J connectivity index is 1.37. The van der Waals surface area contributed by atoms with E-state index in [1.54, 1.807) is 0 Å². The van der Waals surface area contributed by atoms with Gasteiger partial charge in [-0.2, -0.15) is 0 Å². The van der Waals surface area contributed by atoms with Gasteiger partial charge >= 0.3 is 0 Å². The molecule has 0 spiro atoms. The number of hydrogen-bond acceptors (Lipinski definition) is 29. The van der Waals surface area contributed by atoms with Gasteiger partial charge in [-0.3, -0.25) is 9.59 Å². The van der Waals surface area contributed by atoms with Crippen molar-refractivity contribution in [1.82, 2.24) is 10.6 Å². The van der Waals surface area contributed by atoms with Crippen LogP contribution in [0.15, 0.2) is 0 Å². The van der Waals surface area contributed by atoms with Gasteiger partial charge in [-0.1, -0.05) is 0 Å². The van der Waals surface area contributed by atoms with Gasteiger partial charge in [0.15, 0.2) is 37.7 Å². The quantitative estimate of drug-likeness (QED) is 0.0682. The van der Waals surface area contributed by atoms with Gasteiger partial charge < -0.3 is 144 Å². The smallest absolute Gasteiger partial charge is 0.217 e. The summed E-state index contributed by atoms with van der Waals surface area (Å²) in [5.41, 5.74) is 0. The molecule has 412 valence electrons. The number of aliphatic hydroxyl groups excluding tert-OH is 16. The second-order valence-electron chi connectivity index (χ2n) is 18.2. The van der Waals surface area contributed by atoms with Gasteiger partial charge in [-0.15, -0.1) is 0 Å². The largest absolute Gasteiger partial charge is 0.394 e. The molecule has 6 aliphatic rings. The molecule has 0 aromatic heterocycles. The Kier molecular flexibility index (Phi) is 20.2. The Labute approximate surface area is 403 Å². The third-order valence-corrected chi connectivity index (χ3v) is 13.2. The van der Waals surface area contributed by atoms with Crippen molar-refractivity contribution in [3.8, 4) is 0 Å². The lowest BCUT2D eigenvalue weighted by molar-refractivity contribution is -0.400. The summed E-state index contributed by atoms with van der Waals surface area (Å²) in [4.78, 5) is 25.2. The van der Waals surface area contributed by atoms with Gasteiger partial charge in [0.05, 0.1) is 38.6 Å². The molecule has 6 rings (SSSR count). The van der Waals surface area contributed by atoms with E-state index in [2.05, 4.69) is 10.6 Å². The maximum atomic E-state index is 13.1. The minimum absolute atomic E-state index is 0.745. The first kappa shape index (κ1) is 58.1. The summed E-state index contributed by atoms with van der Waals surface area (Å²) in [5.74, 6) is -1.63. The molecular weight excluding hydrogens is 972 g/mol. The molecule has 71 heavy (non-hydrogen) atoms. The van der Waals surface area contributed by atoms with Crippen LogP contribution in [0.3, 0.4) is 0 Å². The number of amides is 2. The topological polar surface area (TPSA) is 483 Å². The van der Waals surface area contributed by atoms with Gasteiger partial charge in [0, 0.05) is 13.8 Å². The summed E-state index contributed by atoms with van der Waals surface area (Å²) < 4.78 is 64.4. The van der Waals surface area contributed by atoms with E-state index in [0.29, 0.717) is 0 Å². The first-order valence-electron chi connectivity index (χ1n) is 22.8. The monoisotopic (exact) mass is 1040 g/mol. The number of nitrogens with one attached hydrogen (secondary N) is 2. The number of hydrogen-bond donors (Lipinski definition) is 18. The average molecular weight is 1040 g/mol. The third kappa shape index (κ3) is 12.4. The SMILES string of the molecule is CC(=O)N[C@@H]1[C@@H](O[C@@H]2O[C@H](CO)[C@H](O)[C@H](O[C@@H]3O[C@H](CO)[C@@H](O[C@@H]4O[C@H](CO)[C@H](O)[C@H](O)[C@H]4O[C@@H]4O[C@@H](C)[C@@H](O)[C@@H](O)[C@@H]4O)[C@H](O[C@@H]4O[C@@H](C)[C@@H](O)[C@@H](O)[C@@H]4O)[C@H]3NC(C)=O)[C@H]2O)[C@@H](O)[C@@H](CO)O[C@@H]1O. The normalized spacial score (nSPS) is 50.8. The Morgan fingerprint density at radius 1 is 0.366 bits per heavy atom. The highest BCUT2D eigenvalue weighted by molar-refractivity contribution is 5.73. The van der Waals surface area contributed by atoms with Crippen LogP contribution >= 0.6 is 0 Å². The van der Waals surface area contributed by atoms with Crippen molar-refractivity contribution >= 4 is 11.8 Å². The molecule has 18 N–H and O–H groups in total. The highest BCUT2D eigenvalue weighted by atomic mass is 16.8. The first-order valence-corrected chi connectivity index (χ1v) is 22.8. The molecule has 0 aromatic rings. The van der Waals surface area contributed by atoms with Crippen molar-refractivity contribution in [2.75, 3.05) is 26.4 Å². The van der Waals surface area contributed by atoms with E-state index in [1.807, 2.05) is 0 Å². The molecule has 6 heterocycles. The first-order chi connectivity index (χ1) is 33.5. The van der Waals surface area contributed by atoms with Crippen LogP contribution in [0.5, 0.6) is 0 Å². The van der Waals surface area contributed by atoms with Crippen LogP contribution in [0.1, 0.15) is 27.7 Å². The Morgan fingerprint density at radius 3 is 1.28 bits per heavy atom. The summed E-state index contributed by atoms with van der Waals surface area (Å²) >= 11 is 0. The van der Waals surface area contributed by atoms with Crippen molar-refractivity contribution in [3.63, 3.8) is 0 Å². The molecule has 6 fully saturated rings. The number of aliphatic hydroxyl groups is 16. The summed E-state index contributed by atoms with van der Waals surface area (Å²) in [6.45, 7) is 0.718. The van der Waals surface area contributed by atoms with Crippen LogP contribution in [-0.2, 0) is 61.7 Å². The fraction of sp³-hybridized carbons (Fsp3) is 0.950. The van der Waals surface area contributed by atoms with Gasteiger partial charge in [-0.25, -0.2) is 0 Å². The van der Waals surface area contributed by atoms with Crippen LogP contribution < -0.4 is 10.6 Å². The summed E-state index contributed by atoms with van der Waals surface area (Å²) in [5, 5.41) is 177. The van der Waals surface area contributed by atoms with Gasteiger partial charge in [-0.05, 0) is 13.8 Å². The summed E-state index contributed by atoms with van der Waals surface area (Å²) in [6, 6.07) is -3.43. The maximum Gasteiger partial charge on any atom is 0.217 e. The highest BCUT2D eigenvalue weighted by Gasteiger charge is 2.59. The van der Waals surface area contributed by atoms with E-state index in [-0.39, 0.29) is 0 Å². The molecule has 6 saturated heterocycles. The van der Waals surface area contributed by atoms with Crippen LogP contribution in [0, 0.1) is 0 Å². The second kappa shape index (κ2) is 24.7. The molecule has 31 nitrogen and oxygen atoms in total. The van der Waals surface area contributed by atoms with Crippen molar-refractivity contribution in [2.24, 2.45) is 0 Å². The van der Waals surface area contributed by atoms with Crippen molar-refractivity contribution in [2.45, 2.75) is 212 Å². The van der Waals surface area contributed by atoms with Crippen LogP contribution in [0.4, 0.5) is 0 Å². The minimum atomic E-state index is -2.20. The van der Waals surface area contributed by atoms with Crippen LogP contribution in [0.25, 0.3) is 0 Å². The third-order valence-electron chi connectivity index (χ3n) is 13.2. The van der Waals surface area contributed by atoms with Gasteiger partial charge in [0.25, 0.3) is 0 Å². The predicted molar refractivity (Wildman–Crippen MR) is 220 cm³/mol. The fourth-order valence-electron chi connectivity index (χ4n) is 9.18. The zero-order valence-corrected chi connectivity index (χ0v) is 38.6. The molecule has 0 aliphatic carbocycles. The molecule has 2 amide bonds. The Bertz CT molecular complexity index is 1710. The van der Waals surface area contributed by atoms with Crippen LogP contribution in [0.2, 0.25) is 0 Å². The predicted octanol–water partition coefficient (Wildman–Crippen LogP) is -11.8. The lowest BCUT2D eigenvalue weighted by atomic mass is 9.93. The summed E-state index contributed by atoms with van der Waals surface area (Å²) in [6.07, 6.45) is -51.9. The number of carbonyl (C=O) groups excluding carboxylic acids is 2. The standard InChI is InChI=1S/C40H68N2O29/c1-9-19(49)24(54)27(57)37(61-9)69-32-18(42-12(4)48)36(70-33-23(53)15(7-45)64-39(29(33)59)68-31-17(41-11(3)47)35(60)63-14(6-44)22(31)52)66-16(8-46)30(32)67-40-34(26(56)21(51)13(5-43)65-40)71-38-28(58)25(55)20(50)10(2)62-38/h9-10,13-40,43-46,49-60H,5-8H2,1-4H3,(H,41,47)(H,42,48)/t9-,10-,13+,14+,15+,16+,17+,18+,19+,20+,21-,22-,23-,24+,25+,26-,27-,28-,29+,30+,31+,32+,33-,34+,35-,36-,37-,38-,39-,40-/m0/s1. The number of ether oxygens (including phenoxy) is 11. The van der Waals surface area contributed by atoms with E-state index in [4.69, 9.17) is 52.1 Å². The van der Waals surface area contributed by atoms with Crippen molar-refractivity contribution in [3.05, 3.63) is 0 Å². The Hall–Kier alpha value is -2.14. The number of rotatable bonds is 16. The lowest BCUT2D eigenvalue weighted by Gasteiger charge is -2.52. The molecule has 0 radical (unpaired) electrons. The highest BCUT2D eigenvalue weighted by Crippen LogP contribution is 2.38. The van der Waals surface area contributed by atoms with E-state index in [9.17, 15) is 91.3 Å². The molecular formula is C40H68N2O29. The molecule has 0 unspecified atom stereocenters. The van der Waals surface area contributed by atoms with Crippen molar-refractivity contribution in [1.29, 1.82) is 0 Å². The van der Waals surface area contributed by atoms with Crippen LogP contribution in [-0.4, -0.2) is 304 Å². The van der Waals surface area contributed by atoms with Gasteiger partial charge in [0.2, 0.25) is 11.8 Å². The molecule has 0 saturated carbocycles. The second-order valence-corrected chi connectivity index (χ2v) is 18.2. The molecule has 0 aromatic carbocycles. The fourth-order valence-corrected chi connectivity index (χ4v) is 9.18. The van der Waals surface area contributed by atoms with E-state index in [0.717, 1.165) is 13.8 Å². The molecule has 30 atom stereocenters. The molecule has 0 bridgehead atoms. The Morgan fingerprint density at radius 2 is 0.761 bits per heavy atom. The van der Waals surface area contributed by atoms with Gasteiger partial charge in [0.1, 0.15) is 134 Å². The average Bonchev–Trinajstić information content (AvgIpc) is 3.33. The zero-order valence-electron chi connectivity index (χ0n) is 38.6. The van der Waals surface area contributed by atoms with E-state index < -0.39 is 222 Å². The van der Waals surface area contributed by atoms with Crippen molar-refractivity contribution < 1.29 is 143 Å². The molecule has 6 aliphatic heterocycles. The van der Waals surface area contributed by atoms with E-state index >= 15 is 0 Å². The maximum absolute atomic E-state index is 13.1. The lowest BCUT2D eigenvalue weighted by Crippen LogP contribution is -2.71. The van der Waals surface area contributed by atoms with E-state index in [1.165, 1.54) is 13.8 Å². The zero-order chi connectivity index (χ0) is 52.5.